The van der Waals surface area contributed by atoms with Crippen LogP contribution in [0.25, 0.3) is 5.73 Å². The molecule has 0 aromatic rings. The summed E-state index contributed by atoms with van der Waals surface area (Å²) in [4.78, 5) is 10.3. The number of nitrogens with one attached hydrogen (secondary N) is 1. The maximum atomic E-state index is 10.3. The van der Waals surface area contributed by atoms with Crippen molar-refractivity contribution in [3.05, 3.63) is 5.73 Å². The minimum atomic E-state index is -0.409. The van der Waals surface area contributed by atoms with Crippen LogP contribution in [0.4, 0.5) is 0 Å². The average Bonchev–Trinajstić information content (AvgIpc) is 2.15. The number of unbranched alkanes of at least 4 members (excludes halogenated alkanes) is 8. The van der Waals surface area contributed by atoms with Gasteiger partial charge in [0.25, 0.3) is 0 Å². The van der Waals surface area contributed by atoms with Gasteiger partial charge < -0.3 is 10.5 Å². The summed E-state index contributed by atoms with van der Waals surface area (Å²) < 4.78 is 0. The van der Waals surface area contributed by atoms with E-state index in [1.165, 1.54) is 44.9 Å². The van der Waals surface area contributed by atoms with E-state index in [-0.39, 0.29) is 51.4 Å². The fourth-order valence-electron chi connectivity index (χ4n) is 1.60. The quantitative estimate of drug-likeness (QED) is 0.419. The SMILES string of the molecule is CCCCCCCCCCCC([NH-])=O.[K+]. The van der Waals surface area contributed by atoms with Gasteiger partial charge in [-0.3, -0.25) is 0 Å². The Kier molecular flexibility index (Phi) is 18.6. The summed E-state index contributed by atoms with van der Waals surface area (Å²) in [5.41, 5.74) is 6.73. The largest absolute Gasteiger partial charge is 1.00 e. The van der Waals surface area contributed by atoms with Gasteiger partial charge in [0.05, 0.1) is 0 Å². The van der Waals surface area contributed by atoms with Crippen molar-refractivity contribution in [1.29, 1.82) is 0 Å². The molecule has 15 heavy (non-hydrogen) atoms. The molecule has 0 saturated carbocycles. The van der Waals surface area contributed by atoms with E-state index in [0.717, 1.165) is 12.8 Å². The molecule has 0 aliphatic carbocycles. The third-order valence-corrected chi connectivity index (χ3v) is 2.51. The molecule has 0 radical (unpaired) electrons. The van der Waals surface area contributed by atoms with Crippen LogP contribution in [0.5, 0.6) is 0 Å². The Hall–Kier alpha value is 1.11. The van der Waals surface area contributed by atoms with Gasteiger partial charge in [-0.1, -0.05) is 58.3 Å². The number of amides is 1. The third kappa shape index (κ3) is 17.7. The molecule has 0 spiro atoms. The summed E-state index contributed by atoms with van der Waals surface area (Å²) in [5, 5.41) is 0. The second kappa shape index (κ2) is 15.1. The van der Waals surface area contributed by atoms with Gasteiger partial charge in [-0.2, -0.15) is 0 Å². The van der Waals surface area contributed by atoms with Gasteiger partial charge in [0.15, 0.2) is 0 Å². The minimum Gasteiger partial charge on any atom is -0.668 e. The Bertz CT molecular complexity index is 140. The van der Waals surface area contributed by atoms with Gasteiger partial charge in [0.1, 0.15) is 0 Å². The van der Waals surface area contributed by atoms with Crippen LogP contribution in [0.1, 0.15) is 71.1 Å². The van der Waals surface area contributed by atoms with Crippen molar-refractivity contribution >= 4 is 5.91 Å². The van der Waals surface area contributed by atoms with Crippen LogP contribution in [0.15, 0.2) is 0 Å². The molecule has 0 atom stereocenters. The van der Waals surface area contributed by atoms with E-state index in [9.17, 15) is 4.79 Å². The summed E-state index contributed by atoms with van der Waals surface area (Å²) in [6.07, 6.45) is 11.8. The van der Waals surface area contributed by atoms with Crippen LogP contribution in [-0.2, 0) is 4.79 Å². The second-order valence-electron chi connectivity index (χ2n) is 4.00. The molecule has 2 nitrogen and oxygen atoms in total. The summed E-state index contributed by atoms with van der Waals surface area (Å²) in [6, 6.07) is 0. The minimum absolute atomic E-state index is 0. The molecule has 0 rings (SSSR count). The zero-order valence-corrected chi connectivity index (χ0v) is 13.6. The number of carbonyl (C=O) groups excluding carboxylic acids is 1. The Labute approximate surface area is 137 Å². The van der Waals surface area contributed by atoms with Crippen molar-refractivity contribution in [1.82, 2.24) is 0 Å². The number of hydrogen-bond acceptors (Lipinski definition) is 1. The first-order valence-corrected chi connectivity index (χ1v) is 6.01. The molecule has 3 heteroatoms. The summed E-state index contributed by atoms with van der Waals surface area (Å²) in [6.45, 7) is 2.23. The monoisotopic (exact) mass is 237 g/mol. The first-order valence-electron chi connectivity index (χ1n) is 6.01. The molecular weight excluding hydrogens is 213 g/mol. The third-order valence-electron chi connectivity index (χ3n) is 2.51. The van der Waals surface area contributed by atoms with Gasteiger partial charge in [-0.15, -0.1) is 0 Å². The molecule has 0 aliphatic rings. The van der Waals surface area contributed by atoms with Crippen LogP contribution in [0.3, 0.4) is 0 Å². The standard InChI is InChI=1S/C12H25NO.K/c1-2-3-4-5-6-7-8-9-10-11-12(13)14;/h2-11H2,1H3,(H2,13,14);/q;+1/p-1. The topological polar surface area (TPSA) is 40.9 Å². The summed E-state index contributed by atoms with van der Waals surface area (Å²) in [7, 11) is 0. The van der Waals surface area contributed by atoms with Crippen molar-refractivity contribution in [2.24, 2.45) is 0 Å². The molecule has 1 amide bonds. The van der Waals surface area contributed by atoms with Crippen LogP contribution < -0.4 is 51.4 Å². The molecule has 0 aromatic carbocycles. The molecule has 0 aromatic heterocycles. The smallest absolute Gasteiger partial charge is 0.668 e. The Morgan fingerprint density at radius 2 is 1.27 bits per heavy atom. The maximum Gasteiger partial charge on any atom is 1.00 e. The average molecular weight is 237 g/mol. The predicted octanol–water partition coefficient (Wildman–Crippen LogP) is 1.49. The zero-order valence-electron chi connectivity index (χ0n) is 10.5. The van der Waals surface area contributed by atoms with Crippen molar-refractivity contribution < 1.29 is 56.2 Å². The van der Waals surface area contributed by atoms with E-state index < -0.39 is 5.91 Å². The second-order valence-corrected chi connectivity index (χ2v) is 4.00. The van der Waals surface area contributed by atoms with Gasteiger partial charge in [-0.05, 0) is 12.8 Å². The molecule has 0 heterocycles. The van der Waals surface area contributed by atoms with E-state index in [4.69, 9.17) is 5.73 Å². The number of rotatable bonds is 10. The first-order chi connectivity index (χ1) is 6.77. The first kappa shape index (κ1) is 18.5. The molecular formula is C12H24KNO. The predicted molar refractivity (Wildman–Crippen MR) is 61.2 cm³/mol. The van der Waals surface area contributed by atoms with Crippen molar-refractivity contribution in [2.75, 3.05) is 0 Å². The molecule has 0 aliphatic heterocycles. The van der Waals surface area contributed by atoms with Gasteiger partial charge in [-0.25, -0.2) is 0 Å². The molecule has 0 unspecified atom stereocenters. The van der Waals surface area contributed by atoms with E-state index in [0.29, 0.717) is 6.42 Å². The molecule has 0 bridgehead atoms. The zero-order chi connectivity index (χ0) is 10.6. The molecule has 0 fully saturated rings. The van der Waals surface area contributed by atoms with E-state index >= 15 is 0 Å². The maximum absolute atomic E-state index is 10.3. The summed E-state index contributed by atoms with van der Waals surface area (Å²) in [5.74, 6) is -0.409. The fourth-order valence-corrected chi connectivity index (χ4v) is 1.60. The molecule has 84 valence electrons. The normalized spacial score (nSPS) is 9.67. The number of carbonyl (C=O) groups is 1. The van der Waals surface area contributed by atoms with Gasteiger partial charge in [0.2, 0.25) is 0 Å². The Morgan fingerprint density at radius 1 is 0.867 bits per heavy atom. The van der Waals surface area contributed by atoms with Gasteiger partial charge in [0, 0.05) is 5.91 Å². The van der Waals surface area contributed by atoms with Crippen molar-refractivity contribution in [3.8, 4) is 0 Å². The van der Waals surface area contributed by atoms with Crippen LogP contribution >= 0.6 is 0 Å². The van der Waals surface area contributed by atoms with Crippen molar-refractivity contribution in [2.45, 2.75) is 71.1 Å². The summed E-state index contributed by atoms with van der Waals surface area (Å²) >= 11 is 0. The van der Waals surface area contributed by atoms with E-state index in [1.54, 1.807) is 0 Å². The van der Waals surface area contributed by atoms with E-state index in [1.807, 2.05) is 0 Å². The van der Waals surface area contributed by atoms with Crippen LogP contribution in [-0.4, -0.2) is 5.91 Å². The van der Waals surface area contributed by atoms with Crippen molar-refractivity contribution in [3.63, 3.8) is 0 Å². The van der Waals surface area contributed by atoms with Crippen LogP contribution in [0, 0.1) is 0 Å². The Balaban J connectivity index is 0. The Morgan fingerprint density at radius 3 is 1.67 bits per heavy atom. The fraction of sp³-hybridized carbons (Fsp3) is 0.917. The molecule has 0 saturated heterocycles. The number of hydrogen-bond donors (Lipinski definition) is 0. The van der Waals surface area contributed by atoms with Crippen LogP contribution in [0.2, 0.25) is 0 Å². The molecule has 1 N–H and O–H groups in total. The van der Waals surface area contributed by atoms with Gasteiger partial charge >= 0.3 is 51.4 Å². The van der Waals surface area contributed by atoms with E-state index in [2.05, 4.69) is 6.92 Å².